The van der Waals surface area contributed by atoms with Crippen LogP contribution in [0.4, 0.5) is 0 Å². The van der Waals surface area contributed by atoms with Gasteiger partial charge in [0.05, 0.1) is 10.9 Å². The predicted octanol–water partition coefficient (Wildman–Crippen LogP) is 2.14. The molecule has 0 unspecified atom stereocenters. The van der Waals surface area contributed by atoms with Gasteiger partial charge in [0.15, 0.2) is 0 Å². The molecular formula is C17H11O4S-. The molecule has 110 valence electrons. The Morgan fingerprint density at radius 1 is 1.18 bits per heavy atom. The summed E-state index contributed by atoms with van der Waals surface area (Å²) in [4.78, 5) is 24.3. The number of hydrogen-bond acceptors (Lipinski definition) is 5. The van der Waals surface area contributed by atoms with Crippen molar-refractivity contribution in [2.45, 2.75) is 4.90 Å². The van der Waals surface area contributed by atoms with Crippen LogP contribution in [0, 0.1) is 0 Å². The maximum absolute atomic E-state index is 12.3. The van der Waals surface area contributed by atoms with E-state index in [1.54, 1.807) is 24.3 Å². The molecule has 0 N–H and O–H groups in total. The minimum absolute atomic E-state index is 0.00153. The van der Waals surface area contributed by atoms with E-state index in [9.17, 15) is 14.7 Å². The van der Waals surface area contributed by atoms with Crippen molar-refractivity contribution >= 4 is 29.6 Å². The summed E-state index contributed by atoms with van der Waals surface area (Å²) in [5.74, 6) is -0.853. The number of thioether (sulfide) groups is 1. The van der Waals surface area contributed by atoms with Gasteiger partial charge in [-0.2, -0.15) is 0 Å². The van der Waals surface area contributed by atoms with Crippen molar-refractivity contribution in [1.82, 2.24) is 0 Å². The molecule has 0 spiro atoms. The smallest absolute Gasteiger partial charge is 0.200 e. The SMILES string of the molecule is O=C([O-])COc1cccc(/C=C2/Sc3ccccc3C2=O)c1. The largest absolute Gasteiger partial charge is 0.546 e. The summed E-state index contributed by atoms with van der Waals surface area (Å²) in [6.07, 6.45) is 1.78. The Labute approximate surface area is 131 Å². The number of carboxylic acids is 1. The number of ketones is 1. The summed E-state index contributed by atoms with van der Waals surface area (Å²) in [5.41, 5.74) is 1.49. The first-order valence-electron chi connectivity index (χ1n) is 6.59. The number of hydrogen-bond donors (Lipinski definition) is 0. The van der Waals surface area contributed by atoms with Crippen LogP contribution in [-0.2, 0) is 4.79 Å². The van der Waals surface area contributed by atoms with Gasteiger partial charge >= 0.3 is 0 Å². The van der Waals surface area contributed by atoms with E-state index in [0.717, 1.165) is 10.5 Å². The Balaban J connectivity index is 1.83. The number of allylic oxidation sites excluding steroid dienone is 1. The Bertz CT molecular complexity index is 780. The molecule has 1 aliphatic heterocycles. The summed E-state index contributed by atoms with van der Waals surface area (Å²) >= 11 is 1.43. The van der Waals surface area contributed by atoms with Gasteiger partial charge in [-0.3, -0.25) is 4.79 Å². The quantitative estimate of drug-likeness (QED) is 0.809. The number of ether oxygens (including phenoxy) is 1. The summed E-state index contributed by atoms with van der Waals surface area (Å²) in [6.45, 7) is -0.501. The average molecular weight is 311 g/mol. The van der Waals surface area contributed by atoms with E-state index >= 15 is 0 Å². The number of Topliss-reactive ketones (excluding diaryl/α,β-unsaturated/α-hetero) is 1. The molecule has 0 atom stereocenters. The van der Waals surface area contributed by atoms with Crippen molar-refractivity contribution in [2.75, 3.05) is 6.61 Å². The van der Waals surface area contributed by atoms with E-state index in [1.165, 1.54) is 11.8 Å². The van der Waals surface area contributed by atoms with Gasteiger partial charge in [0.1, 0.15) is 12.4 Å². The zero-order valence-electron chi connectivity index (χ0n) is 11.4. The maximum Gasteiger partial charge on any atom is 0.200 e. The third kappa shape index (κ3) is 3.04. The molecule has 0 saturated carbocycles. The Morgan fingerprint density at radius 3 is 2.77 bits per heavy atom. The van der Waals surface area contributed by atoms with Crippen molar-refractivity contribution in [3.05, 3.63) is 64.6 Å². The van der Waals surface area contributed by atoms with Crippen molar-refractivity contribution in [3.8, 4) is 5.75 Å². The molecule has 0 radical (unpaired) electrons. The van der Waals surface area contributed by atoms with E-state index in [4.69, 9.17) is 4.74 Å². The average Bonchev–Trinajstić information content (AvgIpc) is 2.82. The summed E-state index contributed by atoms with van der Waals surface area (Å²) in [5, 5.41) is 10.4. The third-order valence-electron chi connectivity index (χ3n) is 3.09. The van der Waals surface area contributed by atoms with Crippen molar-refractivity contribution in [1.29, 1.82) is 0 Å². The van der Waals surface area contributed by atoms with Crippen LogP contribution in [0.3, 0.4) is 0 Å². The second-order valence-electron chi connectivity index (χ2n) is 4.67. The minimum atomic E-state index is -1.28. The second-order valence-corrected chi connectivity index (χ2v) is 5.75. The highest BCUT2D eigenvalue weighted by Gasteiger charge is 2.24. The van der Waals surface area contributed by atoms with E-state index in [1.807, 2.05) is 30.3 Å². The number of carbonyl (C=O) groups excluding carboxylic acids is 2. The standard InChI is InChI=1S/C17H12O4S/c18-16(19)10-21-12-5-3-4-11(8-12)9-15-17(20)13-6-1-2-7-14(13)22-15/h1-9H,10H2,(H,18,19)/p-1/b15-9+. The van der Waals surface area contributed by atoms with Crippen LogP contribution in [-0.4, -0.2) is 18.4 Å². The normalized spacial score (nSPS) is 14.9. The summed E-state index contributed by atoms with van der Waals surface area (Å²) in [7, 11) is 0. The van der Waals surface area contributed by atoms with E-state index in [0.29, 0.717) is 16.2 Å². The molecular weight excluding hydrogens is 300 g/mol. The van der Waals surface area contributed by atoms with Crippen LogP contribution in [0.25, 0.3) is 6.08 Å². The van der Waals surface area contributed by atoms with Gasteiger partial charge in [-0.15, -0.1) is 0 Å². The fourth-order valence-corrected chi connectivity index (χ4v) is 3.18. The van der Waals surface area contributed by atoms with Crippen LogP contribution in [0.2, 0.25) is 0 Å². The number of carboxylic acid groups (broad SMARTS) is 1. The Hall–Kier alpha value is -2.53. The lowest BCUT2D eigenvalue weighted by atomic mass is 10.1. The van der Waals surface area contributed by atoms with Crippen molar-refractivity contribution in [3.63, 3.8) is 0 Å². The highest BCUT2D eigenvalue weighted by atomic mass is 32.2. The highest BCUT2D eigenvalue weighted by molar-refractivity contribution is 8.04. The van der Waals surface area contributed by atoms with Gasteiger partial charge in [-0.25, -0.2) is 0 Å². The highest BCUT2D eigenvalue weighted by Crippen LogP contribution is 2.40. The van der Waals surface area contributed by atoms with Gasteiger partial charge in [-0.1, -0.05) is 36.0 Å². The second kappa shape index (κ2) is 6.07. The summed E-state index contributed by atoms with van der Waals surface area (Å²) in [6, 6.07) is 14.4. The zero-order chi connectivity index (χ0) is 15.5. The molecule has 1 aliphatic rings. The van der Waals surface area contributed by atoms with E-state index in [2.05, 4.69) is 0 Å². The lowest BCUT2D eigenvalue weighted by Gasteiger charge is -2.07. The zero-order valence-corrected chi connectivity index (χ0v) is 12.3. The lowest BCUT2D eigenvalue weighted by Crippen LogP contribution is -2.28. The Morgan fingerprint density at radius 2 is 2.00 bits per heavy atom. The monoisotopic (exact) mass is 311 g/mol. The van der Waals surface area contributed by atoms with Gasteiger partial charge < -0.3 is 14.6 Å². The number of aliphatic carboxylic acids is 1. The molecule has 4 nitrogen and oxygen atoms in total. The fraction of sp³-hybridized carbons (Fsp3) is 0.0588. The fourth-order valence-electron chi connectivity index (χ4n) is 2.12. The number of rotatable bonds is 4. The van der Waals surface area contributed by atoms with Crippen LogP contribution in [0.15, 0.2) is 58.3 Å². The van der Waals surface area contributed by atoms with Gasteiger partial charge in [0.25, 0.3) is 0 Å². The lowest BCUT2D eigenvalue weighted by molar-refractivity contribution is -0.307. The maximum atomic E-state index is 12.3. The predicted molar refractivity (Wildman–Crippen MR) is 81.6 cm³/mol. The first-order valence-corrected chi connectivity index (χ1v) is 7.41. The topological polar surface area (TPSA) is 66.4 Å². The molecule has 0 saturated heterocycles. The molecule has 0 amide bonds. The molecule has 0 bridgehead atoms. The molecule has 2 aromatic carbocycles. The van der Waals surface area contributed by atoms with Crippen molar-refractivity contribution in [2.24, 2.45) is 0 Å². The van der Waals surface area contributed by atoms with Crippen molar-refractivity contribution < 1.29 is 19.4 Å². The van der Waals surface area contributed by atoms with Crippen LogP contribution < -0.4 is 9.84 Å². The number of carbonyl (C=O) groups is 2. The molecule has 1 heterocycles. The molecule has 0 fully saturated rings. The first kappa shape index (κ1) is 14.4. The molecule has 0 aromatic heterocycles. The van der Waals surface area contributed by atoms with Gasteiger partial charge in [0, 0.05) is 10.5 Å². The number of benzene rings is 2. The van der Waals surface area contributed by atoms with Crippen LogP contribution in [0.1, 0.15) is 15.9 Å². The summed E-state index contributed by atoms with van der Waals surface area (Å²) < 4.78 is 5.08. The van der Waals surface area contributed by atoms with E-state index in [-0.39, 0.29) is 5.78 Å². The van der Waals surface area contributed by atoms with Gasteiger partial charge in [-0.05, 0) is 35.9 Å². The first-order chi connectivity index (χ1) is 10.6. The molecule has 5 heteroatoms. The van der Waals surface area contributed by atoms with Crippen LogP contribution in [0.5, 0.6) is 5.75 Å². The van der Waals surface area contributed by atoms with Gasteiger partial charge in [0.2, 0.25) is 5.78 Å². The van der Waals surface area contributed by atoms with E-state index < -0.39 is 12.6 Å². The molecule has 2 aromatic rings. The Kier molecular flexibility index (Phi) is 3.98. The molecule has 22 heavy (non-hydrogen) atoms. The minimum Gasteiger partial charge on any atom is -0.546 e. The number of fused-ring (bicyclic) bond motifs is 1. The third-order valence-corrected chi connectivity index (χ3v) is 4.19. The molecule has 3 rings (SSSR count). The van der Waals surface area contributed by atoms with Crippen LogP contribution >= 0.6 is 11.8 Å². The molecule has 0 aliphatic carbocycles.